The first kappa shape index (κ1) is 20.8. The maximum atomic E-state index is 11.9. The van der Waals surface area contributed by atoms with Gasteiger partial charge < -0.3 is 4.90 Å². The summed E-state index contributed by atoms with van der Waals surface area (Å²) in [5, 5.41) is 3.29. The minimum atomic E-state index is -0.470. The van der Waals surface area contributed by atoms with Gasteiger partial charge in [0.25, 0.3) is 5.91 Å². The van der Waals surface area contributed by atoms with Gasteiger partial charge >= 0.3 is 0 Å². The number of carbonyl (C=O) groups is 1. The number of nitrogens with zero attached hydrogens (tertiary/aromatic N) is 3. The molecular weight excluding hydrogens is 376 g/mol. The van der Waals surface area contributed by atoms with E-state index >= 15 is 0 Å². The molecule has 4 rings (SSSR count). The lowest BCUT2D eigenvalue weighted by atomic mass is 9.86. The van der Waals surface area contributed by atoms with Crippen molar-refractivity contribution in [3.05, 3.63) is 0 Å². The molecule has 7 nitrogen and oxygen atoms in total. The molecule has 6 atom stereocenters. The summed E-state index contributed by atoms with van der Waals surface area (Å²) in [6.07, 6.45) is 5.12. The molecule has 1 amide bonds. The third-order valence-electron chi connectivity index (χ3n) is 7.54. The Hall–Kier alpha value is -0.440. The van der Waals surface area contributed by atoms with Crippen LogP contribution in [-0.4, -0.2) is 96.1 Å². The van der Waals surface area contributed by atoms with Gasteiger partial charge in [-0.2, -0.15) is 0 Å². The molecule has 0 aliphatic carbocycles. The van der Waals surface area contributed by atoms with E-state index in [1.54, 1.807) is 0 Å². The largest absolute Gasteiger partial charge is 0.300 e. The molecule has 28 heavy (non-hydrogen) atoms. The first-order valence-corrected chi connectivity index (χ1v) is 11.7. The van der Waals surface area contributed by atoms with Gasteiger partial charge in [0, 0.05) is 57.0 Å². The molecule has 4 fully saturated rings. The second kappa shape index (κ2) is 9.14. The fourth-order valence-electron chi connectivity index (χ4n) is 6.07. The number of carbonyl (C=O) groups excluding carboxylic acids is 1. The van der Waals surface area contributed by atoms with Crippen LogP contribution in [-0.2, 0) is 4.79 Å². The Labute approximate surface area is 174 Å². The van der Waals surface area contributed by atoms with E-state index in [1.807, 2.05) is 0 Å². The Kier molecular flexibility index (Phi) is 6.80. The summed E-state index contributed by atoms with van der Waals surface area (Å²) in [6.45, 7) is 12.0. The molecule has 0 spiro atoms. The van der Waals surface area contributed by atoms with Gasteiger partial charge in [-0.1, -0.05) is 13.8 Å². The maximum Gasteiger partial charge on any atom is 0.253 e. The predicted octanol–water partition coefficient (Wildman–Crippen LogP) is 0.413. The van der Waals surface area contributed by atoms with E-state index in [0.29, 0.717) is 18.6 Å². The molecule has 6 unspecified atom stereocenters. The molecule has 160 valence electrons. The normalized spacial score (nSPS) is 41.0. The van der Waals surface area contributed by atoms with Gasteiger partial charge in [-0.3, -0.25) is 25.3 Å². The predicted molar refractivity (Wildman–Crippen MR) is 112 cm³/mol. The molecule has 4 aliphatic rings. The first-order chi connectivity index (χ1) is 13.6. The van der Waals surface area contributed by atoms with Gasteiger partial charge in [0.15, 0.2) is 0 Å². The number of amides is 1. The standard InChI is InChI=1S/C20H37ClN6O/c1-3-16-14(6-5-8-25(16)4-2)11-27-13-22-15-12-26(9-7-17(15)27)18-10-23-24-20(28)19(18)21/h14-19,22-23H,3-13H2,1-2H3,(H,24,28). The van der Waals surface area contributed by atoms with Crippen molar-refractivity contribution < 1.29 is 4.79 Å². The zero-order chi connectivity index (χ0) is 19.7. The van der Waals surface area contributed by atoms with E-state index in [-0.39, 0.29) is 11.9 Å². The van der Waals surface area contributed by atoms with E-state index in [4.69, 9.17) is 11.6 Å². The van der Waals surface area contributed by atoms with Gasteiger partial charge in [-0.25, -0.2) is 5.43 Å². The van der Waals surface area contributed by atoms with Gasteiger partial charge in [0.2, 0.25) is 0 Å². The highest BCUT2D eigenvalue weighted by Crippen LogP contribution is 2.30. The Morgan fingerprint density at radius 2 is 2.00 bits per heavy atom. The highest BCUT2D eigenvalue weighted by molar-refractivity contribution is 6.31. The molecule has 0 aromatic rings. The molecule has 0 bridgehead atoms. The van der Waals surface area contributed by atoms with Crippen LogP contribution in [0.3, 0.4) is 0 Å². The highest BCUT2D eigenvalue weighted by Gasteiger charge is 2.44. The average molecular weight is 413 g/mol. The van der Waals surface area contributed by atoms with Crippen LogP contribution in [0.4, 0.5) is 0 Å². The third kappa shape index (κ3) is 4.07. The quantitative estimate of drug-likeness (QED) is 0.569. The number of halogens is 1. The highest BCUT2D eigenvalue weighted by atomic mass is 35.5. The summed E-state index contributed by atoms with van der Waals surface area (Å²) in [7, 11) is 0. The minimum absolute atomic E-state index is 0.0770. The number of hydrogen-bond donors (Lipinski definition) is 3. The number of likely N-dealkylation sites (tertiary alicyclic amines) is 2. The fraction of sp³-hybridized carbons (Fsp3) is 0.950. The summed E-state index contributed by atoms with van der Waals surface area (Å²) >= 11 is 6.40. The van der Waals surface area contributed by atoms with Crippen molar-refractivity contribution in [3.8, 4) is 0 Å². The molecule has 0 radical (unpaired) electrons. The molecule has 0 saturated carbocycles. The summed E-state index contributed by atoms with van der Waals surface area (Å²) < 4.78 is 0. The van der Waals surface area contributed by atoms with Crippen molar-refractivity contribution in [2.45, 2.75) is 69.1 Å². The van der Waals surface area contributed by atoms with E-state index in [2.05, 4.69) is 44.7 Å². The SMILES string of the molecule is CCC1C(CN2CNC3CN(C4CNNC(=O)C4Cl)CCC32)CCCN1CC. The van der Waals surface area contributed by atoms with Crippen molar-refractivity contribution >= 4 is 17.5 Å². The second-order valence-corrected chi connectivity index (χ2v) is 9.41. The van der Waals surface area contributed by atoms with Crippen molar-refractivity contribution in [2.24, 2.45) is 5.92 Å². The lowest BCUT2D eigenvalue weighted by Crippen LogP contribution is -2.65. The van der Waals surface area contributed by atoms with Crippen LogP contribution in [0.2, 0.25) is 0 Å². The summed E-state index contributed by atoms with van der Waals surface area (Å²) in [5.74, 6) is 0.681. The zero-order valence-corrected chi connectivity index (χ0v) is 18.1. The van der Waals surface area contributed by atoms with Crippen molar-refractivity contribution in [3.63, 3.8) is 0 Å². The second-order valence-electron chi connectivity index (χ2n) is 8.94. The molecule has 4 heterocycles. The lowest BCUT2D eigenvalue weighted by molar-refractivity contribution is -0.125. The average Bonchev–Trinajstić information content (AvgIpc) is 3.11. The van der Waals surface area contributed by atoms with Crippen LogP contribution >= 0.6 is 11.6 Å². The van der Waals surface area contributed by atoms with Crippen LogP contribution in [0.25, 0.3) is 0 Å². The Bertz CT molecular complexity index is 551. The van der Waals surface area contributed by atoms with Gasteiger partial charge in [0.1, 0.15) is 5.38 Å². The number of fused-ring (bicyclic) bond motifs is 1. The molecular formula is C20H37ClN6O. The van der Waals surface area contributed by atoms with Gasteiger partial charge in [-0.05, 0) is 44.7 Å². The Balaban J connectivity index is 1.35. The smallest absolute Gasteiger partial charge is 0.253 e. The van der Waals surface area contributed by atoms with Crippen LogP contribution in [0, 0.1) is 5.92 Å². The van der Waals surface area contributed by atoms with E-state index in [9.17, 15) is 4.79 Å². The van der Waals surface area contributed by atoms with Crippen LogP contribution in [0.1, 0.15) is 39.5 Å². The summed E-state index contributed by atoms with van der Waals surface area (Å²) in [5.41, 5.74) is 5.64. The Morgan fingerprint density at radius 3 is 2.79 bits per heavy atom. The maximum absolute atomic E-state index is 11.9. The molecule has 0 aromatic carbocycles. The van der Waals surface area contributed by atoms with Crippen molar-refractivity contribution in [1.29, 1.82) is 0 Å². The van der Waals surface area contributed by atoms with E-state index in [1.165, 1.54) is 38.9 Å². The number of hydrazine groups is 1. The monoisotopic (exact) mass is 412 g/mol. The van der Waals surface area contributed by atoms with Crippen LogP contribution in [0.15, 0.2) is 0 Å². The summed E-state index contributed by atoms with van der Waals surface area (Å²) in [6, 6.07) is 1.91. The van der Waals surface area contributed by atoms with Crippen molar-refractivity contribution in [2.75, 3.05) is 45.9 Å². The first-order valence-electron chi connectivity index (χ1n) is 11.2. The number of nitrogens with one attached hydrogen (secondary N) is 3. The molecule has 4 aliphatic heterocycles. The van der Waals surface area contributed by atoms with Gasteiger partial charge in [-0.15, -0.1) is 11.6 Å². The molecule has 0 aromatic heterocycles. The third-order valence-corrected chi connectivity index (χ3v) is 8.03. The lowest BCUT2D eigenvalue weighted by Gasteiger charge is -2.45. The Morgan fingerprint density at radius 1 is 1.14 bits per heavy atom. The summed E-state index contributed by atoms with van der Waals surface area (Å²) in [4.78, 5) is 19.7. The molecule has 3 N–H and O–H groups in total. The molecule has 4 saturated heterocycles. The number of piperidine rings is 2. The topological polar surface area (TPSA) is 62.9 Å². The van der Waals surface area contributed by atoms with Crippen molar-refractivity contribution in [1.82, 2.24) is 30.9 Å². The van der Waals surface area contributed by atoms with Gasteiger partial charge in [0.05, 0.1) is 0 Å². The van der Waals surface area contributed by atoms with Crippen LogP contribution in [0.5, 0.6) is 0 Å². The molecule has 8 heteroatoms. The number of hydrogen-bond acceptors (Lipinski definition) is 6. The van der Waals surface area contributed by atoms with E-state index < -0.39 is 5.38 Å². The number of rotatable bonds is 5. The zero-order valence-electron chi connectivity index (χ0n) is 17.4. The fourth-order valence-corrected chi connectivity index (χ4v) is 6.37. The number of alkyl halides is 1. The van der Waals surface area contributed by atoms with E-state index in [0.717, 1.165) is 38.1 Å². The van der Waals surface area contributed by atoms with Crippen LogP contribution < -0.4 is 16.2 Å². The minimum Gasteiger partial charge on any atom is -0.300 e.